The molecule has 0 radical (unpaired) electrons. The van der Waals surface area contributed by atoms with Crippen LogP contribution in [0.1, 0.15) is 0 Å². The number of aliphatic imine (C=N–C) groups is 1. The Hall–Kier alpha value is -0.630. The summed E-state index contributed by atoms with van der Waals surface area (Å²) in [5.74, 6) is 0. The van der Waals surface area contributed by atoms with Crippen molar-refractivity contribution in [2.45, 2.75) is 6.04 Å². The molecule has 0 fully saturated rings. The molecule has 1 aliphatic heterocycles. The van der Waals surface area contributed by atoms with E-state index in [2.05, 4.69) is 33.1 Å². The van der Waals surface area contributed by atoms with E-state index in [-0.39, 0.29) is 0 Å². The minimum atomic E-state index is 0.293. The highest BCUT2D eigenvalue weighted by Crippen LogP contribution is 2.24. The average Bonchev–Trinajstić information content (AvgIpc) is 2.33. The molecule has 1 nitrogen and oxygen atoms in total. The normalized spacial score (nSPS) is 27.9. The zero-order valence-corrected chi connectivity index (χ0v) is 6.88. The molecule has 50 valence electrons. The largest absolute Gasteiger partial charge is 0.281 e. The first-order chi connectivity index (χ1) is 4.86. The fraction of sp³-hybridized carbons (Fsp3) is 0.125. The van der Waals surface area contributed by atoms with Gasteiger partial charge in [0.25, 0.3) is 0 Å². The summed E-state index contributed by atoms with van der Waals surface area (Å²) in [6.07, 6.45) is 10.1. The van der Waals surface area contributed by atoms with Crippen molar-refractivity contribution in [2.75, 3.05) is 0 Å². The second kappa shape index (κ2) is 2.20. The lowest BCUT2D eigenvalue weighted by Crippen LogP contribution is -2.01. The van der Waals surface area contributed by atoms with Gasteiger partial charge in [-0.2, -0.15) is 0 Å². The van der Waals surface area contributed by atoms with Gasteiger partial charge in [0.2, 0.25) is 0 Å². The summed E-state index contributed by atoms with van der Waals surface area (Å²) in [6, 6.07) is 0.293. The molecule has 0 aromatic heterocycles. The molecule has 0 spiro atoms. The van der Waals surface area contributed by atoms with Crippen LogP contribution >= 0.6 is 15.9 Å². The Morgan fingerprint density at radius 1 is 1.50 bits per heavy atom. The van der Waals surface area contributed by atoms with Gasteiger partial charge < -0.3 is 0 Å². The van der Waals surface area contributed by atoms with Crippen molar-refractivity contribution in [1.82, 2.24) is 0 Å². The van der Waals surface area contributed by atoms with E-state index in [9.17, 15) is 0 Å². The van der Waals surface area contributed by atoms with Crippen molar-refractivity contribution in [2.24, 2.45) is 4.99 Å². The smallest absolute Gasteiger partial charge is 0.0934 e. The van der Waals surface area contributed by atoms with Gasteiger partial charge in [-0.1, -0.05) is 22.0 Å². The van der Waals surface area contributed by atoms with Gasteiger partial charge in [-0.05, 0) is 23.8 Å². The molecule has 10 heavy (non-hydrogen) atoms. The minimum Gasteiger partial charge on any atom is -0.281 e. The van der Waals surface area contributed by atoms with E-state index in [0.29, 0.717) is 6.04 Å². The van der Waals surface area contributed by atoms with E-state index in [1.807, 2.05) is 18.4 Å². The summed E-state index contributed by atoms with van der Waals surface area (Å²) in [4.78, 5) is 4.22. The highest BCUT2D eigenvalue weighted by molar-refractivity contribution is 9.11. The molecule has 0 N–H and O–H groups in total. The van der Waals surface area contributed by atoms with Crippen molar-refractivity contribution in [1.29, 1.82) is 0 Å². The number of fused-ring (bicyclic) bond motifs is 1. The maximum Gasteiger partial charge on any atom is 0.0934 e. The Kier molecular flexibility index (Phi) is 1.34. The average molecular weight is 196 g/mol. The summed E-state index contributed by atoms with van der Waals surface area (Å²) in [7, 11) is 0. The summed E-state index contributed by atoms with van der Waals surface area (Å²) < 4.78 is 1.13. The first kappa shape index (κ1) is 6.10. The second-order valence-corrected chi connectivity index (χ2v) is 3.21. The Morgan fingerprint density at radius 3 is 3.30 bits per heavy atom. The highest BCUT2D eigenvalue weighted by Gasteiger charge is 2.13. The number of halogens is 1. The maximum atomic E-state index is 4.22. The molecule has 2 heteroatoms. The third-order valence-electron chi connectivity index (χ3n) is 1.60. The molecule has 1 aliphatic carbocycles. The molecular weight excluding hydrogens is 190 g/mol. The third kappa shape index (κ3) is 0.886. The Labute approximate surface area is 68.0 Å². The van der Waals surface area contributed by atoms with Crippen LogP contribution in [0.25, 0.3) is 0 Å². The van der Waals surface area contributed by atoms with Gasteiger partial charge in [0.05, 0.1) is 6.04 Å². The van der Waals surface area contributed by atoms with Crippen LogP contribution in [-0.4, -0.2) is 12.3 Å². The standard InChI is InChI=1S/C8H6BrN/c9-7-1-2-8-6(5-7)3-4-10-8/h1-5,8H/t8-/m0/s1. The van der Waals surface area contributed by atoms with Gasteiger partial charge in [-0.15, -0.1) is 0 Å². The Balaban J connectivity index is 2.39. The predicted molar refractivity (Wildman–Crippen MR) is 46.5 cm³/mol. The molecule has 2 rings (SSSR count). The van der Waals surface area contributed by atoms with Gasteiger partial charge in [-0.3, -0.25) is 4.99 Å². The number of rotatable bonds is 0. The lowest BCUT2D eigenvalue weighted by molar-refractivity contribution is 1.00. The molecule has 1 atom stereocenters. The van der Waals surface area contributed by atoms with E-state index in [1.165, 1.54) is 5.57 Å². The first-order valence-electron chi connectivity index (χ1n) is 3.15. The minimum absolute atomic E-state index is 0.293. The van der Waals surface area contributed by atoms with Crippen LogP contribution in [-0.2, 0) is 0 Å². The van der Waals surface area contributed by atoms with Crippen LogP contribution in [0.5, 0.6) is 0 Å². The summed E-state index contributed by atoms with van der Waals surface area (Å²) in [5, 5.41) is 0. The summed E-state index contributed by atoms with van der Waals surface area (Å²) >= 11 is 3.40. The summed E-state index contributed by atoms with van der Waals surface area (Å²) in [6.45, 7) is 0. The molecule has 0 bridgehead atoms. The monoisotopic (exact) mass is 195 g/mol. The van der Waals surface area contributed by atoms with E-state index in [0.717, 1.165) is 4.48 Å². The van der Waals surface area contributed by atoms with Crippen LogP contribution < -0.4 is 0 Å². The van der Waals surface area contributed by atoms with Crippen molar-refractivity contribution in [3.8, 4) is 0 Å². The molecule has 0 saturated carbocycles. The number of hydrogen-bond acceptors (Lipinski definition) is 1. The van der Waals surface area contributed by atoms with Crippen molar-refractivity contribution < 1.29 is 0 Å². The summed E-state index contributed by atoms with van der Waals surface area (Å²) in [5.41, 5.74) is 1.27. The lowest BCUT2D eigenvalue weighted by atomic mass is 10.1. The van der Waals surface area contributed by atoms with Crippen LogP contribution in [0, 0.1) is 0 Å². The predicted octanol–water partition coefficient (Wildman–Crippen LogP) is 2.21. The molecule has 2 aliphatic rings. The van der Waals surface area contributed by atoms with Gasteiger partial charge in [0.15, 0.2) is 0 Å². The second-order valence-electron chi connectivity index (χ2n) is 2.30. The maximum absolute atomic E-state index is 4.22. The Bertz CT molecular complexity index is 271. The van der Waals surface area contributed by atoms with Gasteiger partial charge in [0, 0.05) is 10.7 Å². The topological polar surface area (TPSA) is 12.4 Å². The lowest BCUT2D eigenvalue weighted by Gasteiger charge is -2.08. The molecule has 0 saturated heterocycles. The SMILES string of the molecule is BrC1=CC2=CC=N[C@H]2C=C1. The fourth-order valence-electron chi connectivity index (χ4n) is 1.09. The van der Waals surface area contributed by atoms with E-state index >= 15 is 0 Å². The fourth-order valence-corrected chi connectivity index (χ4v) is 1.51. The van der Waals surface area contributed by atoms with Gasteiger partial charge in [-0.25, -0.2) is 0 Å². The van der Waals surface area contributed by atoms with E-state index in [1.54, 1.807) is 0 Å². The van der Waals surface area contributed by atoms with E-state index < -0.39 is 0 Å². The van der Waals surface area contributed by atoms with Gasteiger partial charge in [0.1, 0.15) is 0 Å². The zero-order valence-electron chi connectivity index (χ0n) is 5.29. The van der Waals surface area contributed by atoms with Crippen LogP contribution in [0.15, 0.2) is 39.4 Å². The molecule has 1 heterocycles. The van der Waals surface area contributed by atoms with Crippen molar-refractivity contribution >= 4 is 22.1 Å². The van der Waals surface area contributed by atoms with E-state index in [4.69, 9.17) is 0 Å². The molecular formula is C8H6BrN. The Morgan fingerprint density at radius 2 is 2.40 bits per heavy atom. The first-order valence-corrected chi connectivity index (χ1v) is 3.94. The van der Waals surface area contributed by atoms with Crippen molar-refractivity contribution in [3.05, 3.63) is 34.4 Å². The van der Waals surface area contributed by atoms with Crippen LogP contribution in [0.3, 0.4) is 0 Å². The molecule has 0 aromatic rings. The third-order valence-corrected chi connectivity index (χ3v) is 2.09. The van der Waals surface area contributed by atoms with Crippen LogP contribution in [0.2, 0.25) is 0 Å². The molecule has 0 amide bonds. The number of hydrogen-bond donors (Lipinski definition) is 0. The number of nitrogens with zero attached hydrogens (tertiary/aromatic N) is 1. The van der Waals surface area contributed by atoms with Crippen LogP contribution in [0.4, 0.5) is 0 Å². The zero-order chi connectivity index (χ0) is 6.97. The van der Waals surface area contributed by atoms with Crippen molar-refractivity contribution in [3.63, 3.8) is 0 Å². The van der Waals surface area contributed by atoms with Gasteiger partial charge >= 0.3 is 0 Å². The molecule has 0 unspecified atom stereocenters. The number of allylic oxidation sites excluding steroid dienone is 3. The quantitative estimate of drug-likeness (QED) is 0.563. The highest BCUT2D eigenvalue weighted by atomic mass is 79.9. The molecule has 0 aromatic carbocycles.